The molecule has 53 heavy (non-hydrogen) atoms. The van der Waals surface area contributed by atoms with Crippen molar-refractivity contribution in [2.75, 3.05) is 20.2 Å². The number of aromatic amines is 2. The summed E-state index contributed by atoms with van der Waals surface area (Å²) in [5, 5.41) is 12.3. The molecule has 0 saturated carbocycles. The van der Waals surface area contributed by atoms with Crippen molar-refractivity contribution >= 4 is 29.9 Å². The van der Waals surface area contributed by atoms with Crippen molar-refractivity contribution in [2.24, 2.45) is 5.92 Å². The molecule has 13 heteroatoms. The van der Waals surface area contributed by atoms with Gasteiger partial charge >= 0.3 is 12.2 Å². The fourth-order valence-corrected chi connectivity index (χ4v) is 8.26. The van der Waals surface area contributed by atoms with E-state index in [1.165, 1.54) is 12.0 Å². The van der Waals surface area contributed by atoms with Crippen LogP contribution in [0.3, 0.4) is 0 Å². The Morgan fingerprint density at radius 2 is 1.42 bits per heavy atom. The Labute approximate surface area is 312 Å². The summed E-state index contributed by atoms with van der Waals surface area (Å²) >= 11 is 1.69. The van der Waals surface area contributed by atoms with Gasteiger partial charge in [0.15, 0.2) is 0 Å². The highest BCUT2D eigenvalue weighted by Crippen LogP contribution is 2.40. The molecule has 0 radical (unpaired) electrons. The van der Waals surface area contributed by atoms with Gasteiger partial charge in [0.05, 0.1) is 43.0 Å². The van der Waals surface area contributed by atoms with Crippen LogP contribution in [0.15, 0.2) is 95.0 Å². The smallest absolute Gasteiger partial charge is 0.407 e. The van der Waals surface area contributed by atoms with Crippen LogP contribution in [0, 0.1) is 5.92 Å². The lowest BCUT2D eigenvalue weighted by atomic mass is 10.0. The Kier molecular flexibility index (Phi) is 10.5. The van der Waals surface area contributed by atoms with Gasteiger partial charge in [-0.25, -0.2) is 19.6 Å². The number of aromatic nitrogens is 4. The van der Waals surface area contributed by atoms with Crippen molar-refractivity contribution in [3.05, 3.63) is 96.8 Å². The normalized spacial score (nSPS) is 17.7. The summed E-state index contributed by atoms with van der Waals surface area (Å²) in [6, 6.07) is 23.7. The topological polar surface area (TPSA) is 157 Å². The van der Waals surface area contributed by atoms with E-state index in [0.717, 1.165) is 69.1 Å². The number of imidazole rings is 2. The number of H-pyrrole nitrogens is 2. The monoisotopic (exact) mass is 733 g/mol. The van der Waals surface area contributed by atoms with Gasteiger partial charge in [0, 0.05) is 28.4 Å². The second kappa shape index (κ2) is 15.6. The Morgan fingerprint density at radius 1 is 0.830 bits per heavy atom. The maximum Gasteiger partial charge on any atom is 0.407 e. The number of ether oxygens (including phenoxy) is 1. The molecule has 4 N–H and O–H groups in total. The molecule has 2 aromatic heterocycles. The molecular formula is C40H43N7O5S. The predicted octanol–water partition coefficient (Wildman–Crippen LogP) is 8.14. The van der Waals surface area contributed by atoms with Crippen LogP contribution in [0.4, 0.5) is 9.59 Å². The molecule has 7 rings (SSSR count). The van der Waals surface area contributed by atoms with Gasteiger partial charge in [-0.05, 0) is 66.5 Å². The van der Waals surface area contributed by atoms with Gasteiger partial charge in [0.2, 0.25) is 5.91 Å². The SMILES string of the molecule is COC(=O)NC(C(=O)N1CCCC1c1ncc(-c2ccc(-c3ccc(-c4cnc(C5CCCN5C(=O)O)[nH]4)cc3)c(Sc3ccccc3)c2)[nH]1)C(C)C. The zero-order valence-corrected chi connectivity index (χ0v) is 30.7. The Balaban J connectivity index is 1.14. The summed E-state index contributed by atoms with van der Waals surface area (Å²) in [5.74, 6) is 1.13. The molecule has 3 atom stereocenters. The van der Waals surface area contributed by atoms with Gasteiger partial charge in [-0.3, -0.25) is 9.69 Å². The lowest BCUT2D eigenvalue weighted by Gasteiger charge is -2.30. The summed E-state index contributed by atoms with van der Waals surface area (Å²) in [4.78, 5) is 59.0. The fourth-order valence-electron chi connectivity index (χ4n) is 7.24. The minimum Gasteiger partial charge on any atom is -0.465 e. The minimum absolute atomic E-state index is 0.114. The standard InChI is InChI=1S/C40H43N7O5S/c1-24(2)35(45-39(49)52-3)38(48)46-19-7-11-32(46)36-42-23-31(44-36)27-17-18-29(34(21-27)53-28-9-5-4-6-10-28)25-13-15-26(16-14-25)30-22-41-37(43-30)33-12-8-20-47(33)40(50)51/h4-6,9-10,13-18,21-24,32-33,35H,7-8,11-12,19-20H2,1-3H3,(H,41,43)(H,42,44)(H,45,49)(H,50,51). The van der Waals surface area contributed by atoms with E-state index in [1.807, 2.05) is 43.1 Å². The van der Waals surface area contributed by atoms with Crippen LogP contribution in [-0.2, 0) is 9.53 Å². The van der Waals surface area contributed by atoms with Crippen molar-refractivity contribution < 1.29 is 24.2 Å². The molecule has 2 fully saturated rings. The highest BCUT2D eigenvalue weighted by Gasteiger charge is 2.37. The van der Waals surface area contributed by atoms with Crippen LogP contribution >= 0.6 is 11.8 Å². The summed E-state index contributed by atoms with van der Waals surface area (Å²) in [6.45, 7) is 4.91. The molecule has 5 aromatic rings. The quantitative estimate of drug-likeness (QED) is 0.112. The maximum atomic E-state index is 13.7. The number of benzene rings is 3. The average molecular weight is 734 g/mol. The lowest BCUT2D eigenvalue weighted by molar-refractivity contribution is -0.135. The number of carbonyl (C=O) groups is 3. The number of nitrogens with one attached hydrogen (secondary N) is 3. The van der Waals surface area contributed by atoms with Gasteiger partial charge in [0.1, 0.15) is 17.7 Å². The van der Waals surface area contributed by atoms with Crippen molar-refractivity contribution in [1.29, 1.82) is 0 Å². The second-order valence-electron chi connectivity index (χ2n) is 13.7. The molecule has 3 amide bonds. The van der Waals surface area contributed by atoms with E-state index in [0.29, 0.717) is 24.7 Å². The number of likely N-dealkylation sites (tertiary alicyclic amines) is 2. The molecule has 0 aliphatic carbocycles. The van der Waals surface area contributed by atoms with Gasteiger partial charge in [-0.2, -0.15) is 0 Å². The van der Waals surface area contributed by atoms with E-state index in [-0.39, 0.29) is 23.9 Å². The van der Waals surface area contributed by atoms with Crippen LogP contribution in [0.5, 0.6) is 0 Å². The molecular weight excluding hydrogens is 691 g/mol. The highest BCUT2D eigenvalue weighted by atomic mass is 32.2. The Hall–Kier alpha value is -5.56. The molecule has 2 saturated heterocycles. The minimum atomic E-state index is -0.920. The van der Waals surface area contributed by atoms with E-state index in [9.17, 15) is 19.5 Å². The number of amides is 3. The number of hydrogen-bond acceptors (Lipinski definition) is 7. The zero-order valence-electron chi connectivity index (χ0n) is 29.9. The molecule has 3 aromatic carbocycles. The van der Waals surface area contributed by atoms with Crippen LogP contribution in [-0.4, -0.2) is 79.2 Å². The number of nitrogens with zero attached hydrogens (tertiary/aromatic N) is 4. The first kappa shape index (κ1) is 35.8. The van der Waals surface area contributed by atoms with E-state index in [4.69, 9.17) is 9.72 Å². The first-order valence-electron chi connectivity index (χ1n) is 17.9. The van der Waals surface area contributed by atoms with E-state index >= 15 is 0 Å². The number of carbonyl (C=O) groups excluding carboxylic acids is 2. The molecule has 2 aliphatic rings. The summed E-state index contributed by atoms with van der Waals surface area (Å²) < 4.78 is 4.78. The second-order valence-corrected chi connectivity index (χ2v) is 14.9. The Bertz CT molecular complexity index is 2080. The van der Waals surface area contributed by atoms with E-state index < -0.39 is 18.2 Å². The molecule has 0 bridgehead atoms. The molecule has 3 unspecified atom stereocenters. The summed E-state index contributed by atoms with van der Waals surface area (Å²) in [5.41, 5.74) is 5.76. The van der Waals surface area contributed by atoms with Crippen molar-refractivity contribution in [3.8, 4) is 33.6 Å². The highest BCUT2D eigenvalue weighted by molar-refractivity contribution is 7.99. The molecule has 2 aliphatic heterocycles. The largest absolute Gasteiger partial charge is 0.465 e. The molecule has 4 heterocycles. The third-order valence-electron chi connectivity index (χ3n) is 10.0. The van der Waals surface area contributed by atoms with Gasteiger partial charge in [0.25, 0.3) is 0 Å². The van der Waals surface area contributed by atoms with Gasteiger partial charge in [-0.1, -0.05) is 80.2 Å². The summed E-state index contributed by atoms with van der Waals surface area (Å²) in [6.07, 6.45) is 5.24. The fraction of sp³-hybridized carbons (Fsp3) is 0.325. The van der Waals surface area contributed by atoms with Gasteiger partial charge < -0.3 is 30.0 Å². The third kappa shape index (κ3) is 7.66. The average Bonchev–Trinajstić information content (AvgIpc) is 4.00. The summed E-state index contributed by atoms with van der Waals surface area (Å²) in [7, 11) is 1.29. The van der Waals surface area contributed by atoms with Crippen molar-refractivity contribution in [2.45, 2.75) is 67.4 Å². The number of alkyl carbamates (subject to hydrolysis) is 1. The number of hydrogen-bond donors (Lipinski definition) is 4. The van der Waals surface area contributed by atoms with E-state index in [1.54, 1.807) is 18.0 Å². The first-order valence-corrected chi connectivity index (χ1v) is 18.7. The third-order valence-corrected chi connectivity index (χ3v) is 11.1. The molecule has 274 valence electrons. The maximum absolute atomic E-state index is 13.7. The van der Waals surface area contributed by atoms with Crippen molar-refractivity contribution in [1.82, 2.24) is 35.1 Å². The zero-order chi connectivity index (χ0) is 37.1. The van der Waals surface area contributed by atoms with Crippen LogP contribution in [0.25, 0.3) is 33.6 Å². The van der Waals surface area contributed by atoms with Crippen LogP contribution in [0.1, 0.15) is 63.3 Å². The van der Waals surface area contributed by atoms with Crippen LogP contribution in [0.2, 0.25) is 0 Å². The van der Waals surface area contributed by atoms with Crippen LogP contribution < -0.4 is 5.32 Å². The molecule has 0 spiro atoms. The van der Waals surface area contributed by atoms with Crippen molar-refractivity contribution in [3.63, 3.8) is 0 Å². The molecule has 12 nitrogen and oxygen atoms in total. The Morgan fingerprint density at radius 3 is 2.04 bits per heavy atom. The predicted molar refractivity (Wildman–Crippen MR) is 202 cm³/mol. The lowest BCUT2D eigenvalue weighted by Crippen LogP contribution is -2.51. The number of rotatable bonds is 10. The van der Waals surface area contributed by atoms with Gasteiger partial charge in [-0.15, -0.1) is 0 Å². The van der Waals surface area contributed by atoms with E-state index in [2.05, 4.69) is 74.9 Å². The number of methoxy groups -OCH3 is 1. The number of carboxylic acid groups (broad SMARTS) is 1. The first-order chi connectivity index (χ1) is 25.7.